The van der Waals surface area contributed by atoms with Crippen molar-refractivity contribution in [1.82, 2.24) is 14.8 Å². The van der Waals surface area contributed by atoms with E-state index in [0.717, 1.165) is 30.0 Å². The van der Waals surface area contributed by atoms with Crippen LogP contribution in [0.1, 0.15) is 21.8 Å². The van der Waals surface area contributed by atoms with Crippen LogP contribution < -0.4 is 5.73 Å². The number of aromatic nitrogens is 1. The third-order valence-corrected chi connectivity index (χ3v) is 5.07. The van der Waals surface area contributed by atoms with Gasteiger partial charge < -0.3 is 15.1 Å². The van der Waals surface area contributed by atoms with Crippen molar-refractivity contribution in [3.63, 3.8) is 0 Å². The summed E-state index contributed by atoms with van der Waals surface area (Å²) in [5, 5.41) is 0. The summed E-state index contributed by atoms with van der Waals surface area (Å²) in [7, 11) is 0. The predicted molar refractivity (Wildman–Crippen MR) is 115 cm³/mol. The molecule has 0 saturated carbocycles. The van der Waals surface area contributed by atoms with E-state index in [1.165, 1.54) is 0 Å². The second-order valence-electron chi connectivity index (χ2n) is 6.95. The molecule has 0 spiro atoms. The van der Waals surface area contributed by atoms with E-state index in [1.54, 1.807) is 6.20 Å². The van der Waals surface area contributed by atoms with Gasteiger partial charge in [0.15, 0.2) is 5.76 Å². The number of oxazole rings is 1. The molecule has 2 aromatic carbocycles. The Morgan fingerprint density at radius 2 is 1.69 bits per heavy atom. The first-order valence-corrected chi connectivity index (χ1v) is 9.54. The summed E-state index contributed by atoms with van der Waals surface area (Å²) in [5.41, 5.74) is 8.39. The summed E-state index contributed by atoms with van der Waals surface area (Å²) in [6.07, 6.45) is 1.77. The van der Waals surface area contributed by atoms with Crippen molar-refractivity contribution in [1.29, 1.82) is 0 Å². The molecule has 1 amide bonds. The van der Waals surface area contributed by atoms with Crippen molar-refractivity contribution in [3.8, 4) is 11.3 Å². The summed E-state index contributed by atoms with van der Waals surface area (Å²) < 4.78 is 5.89. The van der Waals surface area contributed by atoms with Crippen LogP contribution in [0.25, 0.3) is 11.3 Å². The van der Waals surface area contributed by atoms with Crippen LogP contribution in [0.4, 0.5) is 0 Å². The van der Waals surface area contributed by atoms with E-state index in [9.17, 15) is 4.79 Å². The Morgan fingerprint density at radius 1 is 1.00 bits per heavy atom. The van der Waals surface area contributed by atoms with E-state index in [-0.39, 0.29) is 18.3 Å². The summed E-state index contributed by atoms with van der Waals surface area (Å²) in [4.78, 5) is 21.2. The van der Waals surface area contributed by atoms with Crippen LogP contribution in [0, 0.1) is 0 Å². The smallest absolute Gasteiger partial charge is 0.253 e. The van der Waals surface area contributed by atoms with Crippen LogP contribution in [0.15, 0.2) is 65.2 Å². The molecular weight excluding hydrogens is 388 g/mol. The van der Waals surface area contributed by atoms with E-state index >= 15 is 0 Å². The van der Waals surface area contributed by atoms with Crippen molar-refractivity contribution in [2.45, 2.75) is 13.1 Å². The minimum absolute atomic E-state index is 0. The van der Waals surface area contributed by atoms with Crippen molar-refractivity contribution >= 4 is 18.3 Å². The molecule has 1 aliphatic heterocycles. The maximum Gasteiger partial charge on any atom is 0.253 e. The van der Waals surface area contributed by atoms with Crippen molar-refractivity contribution in [3.05, 3.63) is 77.8 Å². The molecule has 1 aromatic heterocycles. The zero-order chi connectivity index (χ0) is 19.3. The molecule has 0 aliphatic carbocycles. The van der Waals surface area contributed by atoms with E-state index in [2.05, 4.69) is 9.88 Å². The number of carbonyl (C=O) groups is 1. The van der Waals surface area contributed by atoms with Gasteiger partial charge in [-0.15, -0.1) is 12.4 Å². The SMILES string of the molecule is Cl.NCc1ccc(C(=O)N2CCN(Cc3ncc(-c4ccccc4)o3)CC2)cc1. The minimum Gasteiger partial charge on any atom is -0.439 e. The third-order valence-electron chi connectivity index (χ3n) is 5.07. The minimum atomic E-state index is 0. The number of nitrogens with zero attached hydrogens (tertiary/aromatic N) is 3. The molecule has 0 bridgehead atoms. The van der Waals surface area contributed by atoms with E-state index < -0.39 is 0 Å². The number of hydrogen-bond donors (Lipinski definition) is 1. The molecule has 0 radical (unpaired) electrons. The Hall–Kier alpha value is -2.67. The number of benzene rings is 2. The average Bonchev–Trinajstić information content (AvgIpc) is 3.23. The maximum absolute atomic E-state index is 12.7. The van der Waals surface area contributed by atoms with Gasteiger partial charge in [-0.25, -0.2) is 4.98 Å². The standard InChI is InChI=1S/C22H24N4O2.ClH/c23-14-17-6-8-19(9-7-17)22(27)26-12-10-25(11-13-26)16-21-24-15-20(28-21)18-4-2-1-3-5-18;/h1-9,15H,10-14,16,23H2;1H. The molecule has 7 heteroatoms. The quantitative estimate of drug-likeness (QED) is 0.696. The lowest BCUT2D eigenvalue weighted by molar-refractivity contribution is 0.0618. The predicted octanol–water partition coefficient (Wildman–Crippen LogP) is 3.18. The van der Waals surface area contributed by atoms with Crippen LogP contribution in [0.3, 0.4) is 0 Å². The monoisotopic (exact) mass is 412 g/mol. The van der Waals surface area contributed by atoms with Gasteiger partial charge in [0.2, 0.25) is 5.89 Å². The highest BCUT2D eigenvalue weighted by Gasteiger charge is 2.23. The topological polar surface area (TPSA) is 75.6 Å². The van der Waals surface area contributed by atoms with Gasteiger partial charge in [0, 0.05) is 43.9 Å². The second kappa shape index (κ2) is 9.69. The van der Waals surface area contributed by atoms with Crippen molar-refractivity contribution in [2.75, 3.05) is 26.2 Å². The lowest BCUT2D eigenvalue weighted by Crippen LogP contribution is -2.48. The lowest BCUT2D eigenvalue weighted by Gasteiger charge is -2.34. The summed E-state index contributed by atoms with van der Waals surface area (Å²) in [6, 6.07) is 17.5. The van der Waals surface area contributed by atoms with Gasteiger partial charge >= 0.3 is 0 Å². The molecule has 6 nitrogen and oxygen atoms in total. The Kier molecular flexibility index (Phi) is 7.04. The van der Waals surface area contributed by atoms with Gasteiger partial charge in [0.25, 0.3) is 5.91 Å². The van der Waals surface area contributed by atoms with Crippen LogP contribution in [-0.2, 0) is 13.1 Å². The van der Waals surface area contributed by atoms with Gasteiger partial charge in [-0.05, 0) is 17.7 Å². The fraction of sp³-hybridized carbons (Fsp3) is 0.273. The van der Waals surface area contributed by atoms with E-state index in [0.29, 0.717) is 37.6 Å². The number of amides is 1. The average molecular weight is 413 g/mol. The van der Waals surface area contributed by atoms with Crippen LogP contribution in [0.5, 0.6) is 0 Å². The Balaban J connectivity index is 0.00000240. The largest absolute Gasteiger partial charge is 0.439 e. The molecule has 2 N–H and O–H groups in total. The van der Waals surface area contributed by atoms with Gasteiger partial charge in [0.05, 0.1) is 12.7 Å². The first kappa shape index (κ1) is 21.0. The number of rotatable bonds is 5. The Bertz CT molecular complexity index is 920. The van der Waals surface area contributed by atoms with Gasteiger partial charge in [-0.1, -0.05) is 42.5 Å². The number of halogens is 1. The Morgan fingerprint density at radius 3 is 2.34 bits per heavy atom. The molecule has 0 unspecified atom stereocenters. The van der Waals surface area contributed by atoms with Gasteiger partial charge in [0.1, 0.15) is 0 Å². The molecule has 1 aliphatic rings. The third kappa shape index (κ3) is 5.03. The van der Waals surface area contributed by atoms with Crippen LogP contribution in [-0.4, -0.2) is 46.9 Å². The van der Waals surface area contributed by atoms with Crippen LogP contribution >= 0.6 is 12.4 Å². The Labute approximate surface area is 176 Å². The molecule has 1 fully saturated rings. The molecule has 152 valence electrons. The first-order valence-electron chi connectivity index (χ1n) is 9.54. The van der Waals surface area contributed by atoms with Crippen LogP contribution in [0.2, 0.25) is 0 Å². The highest BCUT2D eigenvalue weighted by Crippen LogP contribution is 2.21. The lowest BCUT2D eigenvalue weighted by atomic mass is 10.1. The molecule has 2 heterocycles. The van der Waals surface area contributed by atoms with Crippen molar-refractivity contribution < 1.29 is 9.21 Å². The highest BCUT2D eigenvalue weighted by molar-refractivity contribution is 5.94. The number of carbonyl (C=O) groups excluding carboxylic acids is 1. The molecular formula is C22H25ClN4O2. The first-order chi connectivity index (χ1) is 13.7. The number of hydrogen-bond acceptors (Lipinski definition) is 5. The summed E-state index contributed by atoms with van der Waals surface area (Å²) >= 11 is 0. The molecule has 4 rings (SSSR count). The molecule has 1 saturated heterocycles. The number of nitrogens with two attached hydrogens (primary N) is 1. The zero-order valence-electron chi connectivity index (χ0n) is 16.2. The van der Waals surface area contributed by atoms with E-state index in [4.69, 9.17) is 10.2 Å². The molecule has 0 atom stereocenters. The molecule has 29 heavy (non-hydrogen) atoms. The second-order valence-corrected chi connectivity index (χ2v) is 6.95. The fourth-order valence-corrected chi connectivity index (χ4v) is 3.39. The van der Waals surface area contributed by atoms with Gasteiger partial charge in [-0.2, -0.15) is 0 Å². The van der Waals surface area contributed by atoms with Crippen molar-refractivity contribution in [2.24, 2.45) is 5.73 Å². The van der Waals surface area contributed by atoms with Gasteiger partial charge in [-0.3, -0.25) is 9.69 Å². The maximum atomic E-state index is 12.7. The summed E-state index contributed by atoms with van der Waals surface area (Å²) in [5.74, 6) is 1.56. The fourth-order valence-electron chi connectivity index (χ4n) is 3.39. The zero-order valence-corrected chi connectivity index (χ0v) is 17.0. The molecule has 3 aromatic rings. The highest BCUT2D eigenvalue weighted by atomic mass is 35.5. The number of piperazine rings is 1. The normalized spacial score (nSPS) is 14.4. The van der Waals surface area contributed by atoms with E-state index in [1.807, 2.05) is 59.5 Å². The summed E-state index contributed by atoms with van der Waals surface area (Å²) in [6.45, 7) is 4.14.